The van der Waals surface area contributed by atoms with Crippen molar-refractivity contribution in [2.45, 2.75) is 25.4 Å². The van der Waals surface area contributed by atoms with Crippen molar-refractivity contribution in [2.75, 3.05) is 6.54 Å². The predicted molar refractivity (Wildman–Crippen MR) is 60.5 cm³/mol. The summed E-state index contributed by atoms with van der Waals surface area (Å²) in [6.07, 6.45) is 1.49. The fourth-order valence-corrected chi connectivity index (χ4v) is 2.48. The number of rotatable bonds is 1. The topological polar surface area (TPSA) is 55.4 Å². The molecule has 1 N–H and O–H groups in total. The number of hydrogen-bond acceptors (Lipinski definition) is 3. The summed E-state index contributed by atoms with van der Waals surface area (Å²) in [5, 5.41) is 2.82. The van der Waals surface area contributed by atoms with Crippen LogP contribution >= 0.6 is 0 Å². The minimum Gasteiger partial charge on any atom is -0.457 e. The molecule has 1 unspecified atom stereocenters. The number of esters is 1. The molecule has 2 heterocycles. The van der Waals surface area contributed by atoms with Crippen LogP contribution in [0.5, 0.6) is 0 Å². The van der Waals surface area contributed by atoms with Gasteiger partial charge in [-0.05, 0) is 24.0 Å². The van der Waals surface area contributed by atoms with E-state index in [2.05, 4.69) is 5.32 Å². The normalized spacial score (nSPS) is 22.9. The van der Waals surface area contributed by atoms with Gasteiger partial charge < -0.3 is 10.1 Å². The fourth-order valence-electron chi connectivity index (χ4n) is 2.48. The van der Waals surface area contributed by atoms with E-state index in [1.807, 2.05) is 18.2 Å². The maximum Gasteiger partial charge on any atom is 0.338 e. The summed E-state index contributed by atoms with van der Waals surface area (Å²) in [6.45, 7) is 1.09. The lowest BCUT2D eigenvalue weighted by atomic mass is 9.88. The summed E-state index contributed by atoms with van der Waals surface area (Å²) < 4.78 is 4.97. The van der Waals surface area contributed by atoms with Crippen molar-refractivity contribution in [3.8, 4) is 0 Å². The summed E-state index contributed by atoms with van der Waals surface area (Å²) in [4.78, 5) is 22.7. The number of carbonyl (C=O) groups excluding carboxylic acids is 2. The molecule has 2 aliphatic rings. The monoisotopic (exact) mass is 231 g/mol. The number of nitrogens with one attached hydrogen (secondary N) is 1. The van der Waals surface area contributed by atoms with Gasteiger partial charge in [-0.15, -0.1) is 0 Å². The molecule has 1 atom stereocenters. The van der Waals surface area contributed by atoms with Crippen molar-refractivity contribution >= 4 is 11.9 Å². The highest BCUT2D eigenvalue weighted by Gasteiger charge is 2.25. The summed E-state index contributed by atoms with van der Waals surface area (Å²) >= 11 is 0. The van der Waals surface area contributed by atoms with Crippen molar-refractivity contribution in [3.05, 3.63) is 34.9 Å². The van der Waals surface area contributed by atoms with Gasteiger partial charge in [0.25, 0.3) is 0 Å². The van der Waals surface area contributed by atoms with Crippen LogP contribution in [0.2, 0.25) is 0 Å². The van der Waals surface area contributed by atoms with Gasteiger partial charge in [0.05, 0.1) is 5.56 Å². The van der Waals surface area contributed by atoms with E-state index in [-0.39, 0.29) is 17.8 Å². The molecule has 0 radical (unpaired) electrons. The van der Waals surface area contributed by atoms with Crippen molar-refractivity contribution in [2.24, 2.45) is 0 Å². The number of ether oxygens (including phenoxy) is 1. The number of hydrogen-bond donors (Lipinski definition) is 1. The van der Waals surface area contributed by atoms with E-state index in [0.717, 1.165) is 24.1 Å². The van der Waals surface area contributed by atoms with E-state index < -0.39 is 0 Å². The Morgan fingerprint density at radius 1 is 1.29 bits per heavy atom. The largest absolute Gasteiger partial charge is 0.457 e. The minimum atomic E-state index is -0.243. The SMILES string of the molecule is O=C1CC(c2ccc3c(c2)COC3=O)CCN1. The molecular weight excluding hydrogens is 218 g/mol. The van der Waals surface area contributed by atoms with Crippen LogP contribution < -0.4 is 5.32 Å². The van der Waals surface area contributed by atoms with E-state index >= 15 is 0 Å². The van der Waals surface area contributed by atoms with Gasteiger partial charge in [-0.25, -0.2) is 4.79 Å². The molecule has 2 aliphatic heterocycles. The van der Waals surface area contributed by atoms with E-state index in [1.54, 1.807) is 0 Å². The zero-order valence-corrected chi connectivity index (χ0v) is 9.36. The Morgan fingerprint density at radius 3 is 3.00 bits per heavy atom. The first-order valence-electron chi connectivity index (χ1n) is 5.80. The Bertz CT molecular complexity index is 495. The first kappa shape index (κ1) is 10.3. The molecule has 1 amide bonds. The smallest absolute Gasteiger partial charge is 0.338 e. The second kappa shape index (κ2) is 3.87. The molecule has 1 fully saturated rings. The average molecular weight is 231 g/mol. The molecular formula is C13H13NO3. The number of benzene rings is 1. The fraction of sp³-hybridized carbons (Fsp3) is 0.385. The summed E-state index contributed by atoms with van der Waals surface area (Å²) in [7, 11) is 0. The Balaban J connectivity index is 1.89. The zero-order valence-electron chi connectivity index (χ0n) is 9.36. The van der Waals surface area contributed by atoms with E-state index in [4.69, 9.17) is 4.74 Å². The molecule has 17 heavy (non-hydrogen) atoms. The van der Waals surface area contributed by atoms with E-state index in [9.17, 15) is 9.59 Å². The van der Waals surface area contributed by atoms with Crippen LogP contribution in [0.3, 0.4) is 0 Å². The van der Waals surface area contributed by atoms with Crippen molar-refractivity contribution in [3.63, 3.8) is 0 Å². The van der Waals surface area contributed by atoms with Crippen LogP contribution in [-0.2, 0) is 16.1 Å². The maximum atomic E-state index is 11.3. The lowest BCUT2D eigenvalue weighted by molar-refractivity contribution is -0.122. The highest BCUT2D eigenvalue weighted by molar-refractivity contribution is 5.93. The number of fused-ring (bicyclic) bond motifs is 1. The standard InChI is InChI=1S/C13H13NO3/c15-12-6-9(3-4-14-12)8-1-2-11-10(5-8)7-17-13(11)16/h1-2,5,9H,3-4,6-7H2,(H,14,15). The van der Waals surface area contributed by atoms with Crippen LogP contribution in [0.1, 0.15) is 40.2 Å². The van der Waals surface area contributed by atoms with Crippen molar-refractivity contribution in [1.82, 2.24) is 5.32 Å². The summed E-state index contributed by atoms with van der Waals surface area (Å²) in [5.41, 5.74) is 2.74. The van der Waals surface area contributed by atoms with E-state index in [0.29, 0.717) is 18.6 Å². The zero-order chi connectivity index (χ0) is 11.8. The second-order valence-corrected chi connectivity index (χ2v) is 4.53. The molecule has 0 aliphatic carbocycles. The van der Waals surface area contributed by atoms with Crippen LogP contribution in [-0.4, -0.2) is 18.4 Å². The molecule has 1 aromatic rings. The lowest BCUT2D eigenvalue weighted by Gasteiger charge is -2.22. The van der Waals surface area contributed by atoms with Crippen LogP contribution in [0.15, 0.2) is 18.2 Å². The molecule has 1 saturated heterocycles. The second-order valence-electron chi connectivity index (χ2n) is 4.53. The number of piperidine rings is 1. The van der Waals surface area contributed by atoms with Crippen LogP contribution in [0.25, 0.3) is 0 Å². The summed E-state index contributed by atoms with van der Waals surface area (Å²) in [5.74, 6) is 0.131. The molecule has 0 spiro atoms. The van der Waals surface area contributed by atoms with Crippen molar-refractivity contribution in [1.29, 1.82) is 0 Å². The third kappa shape index (κ3) is 1.79. The lowest BCUT2D eigenvalue weighted by Crippen LogP contribution is -2.32. The highest BCUT2D eigenvalue weighted by atomic mass is 16.5. The van der Waals surface area contributed by atoms with Gasteiger partial charge >= 0.3 is 5.97 Å². The van der Waals surface area contributed by atoms with Gasteiger partial charge in [0.1, 0.15) is 6.61 Å². The van der Waals surface area contributed by atoms with Gasteiger partial charge in [-0.2, -0.15) is 0 Å². The average Bonchev–Trinajstić information content (AvgIpc) is 2.71. The number of cyclic esters (lactones) is 1. The third-order valence-corrected chi connectivity index (χ3v) is 3.43. The molecule has 0 saturated carbocycles. The Morgan fingerprint density at radius 2 is 2.18 bits per heavy atom. The molecule has 4 heteroatoms. The van der Waals surface area contributed by atoms with E-state index in [1.165, 1.54) is 0 Å². The molecule has 1 aromatic carbocycles. The van der Waals surface area contributed by atoms with Gasteiger partial charge in [0.15, 0.2) is 0 Å². The molecule has 0 aromatic heterocycles. The van der Waals surface area contributed by atoms with Crippen LogP contribution in [0.4, 0.5) is 0 Å². The Hall–Kier alpha value is -1.84. The first-order chi connectivity index (χ1) is 8.24. The Labute approximate surface area is 99.0 Å². The van der Waals surface area contributed by atoms with Gasteiger partial charge in [-0.3, -0.25) is 4.79 Å². The molecule has 4 nitrogen and oxygen atoms in total. The Kier molecular flexibility index (Phi) is 2.35. The predicted octanol–water partition coefficient (Wildman–Crippen LogP) is 1.35. The van der Waals surface area contributed by atoms with Gasteiger partial charge in [0.2, 0.25) is 5.91 Å². The van der Waals surface area contributed by atoms with Crippen molar-refractivity contribution < 1.29 is 14.3 Å². The minimum absolute atomic E-state index is 0.106. The molecule has 3 rings (SSSR count). The maximum absolute atomic E-state index is 11.3. The van der Waals surface area contributed by atoms with Crippen LogP contribution in [0, 0.1) is 0 Å². The summed E-state index contributed by atoms with van der Waals surface area (Å²) in [6, 6.07) is 5.75. The highest BCUT2D eigenvalue weighted by Crippen LogP contribution is 2.29. The van der Waals surface area contributed by atoms with Gasteiger partial charge in [-0.1, -0.05) is 12.1 Å². The number of amides is 1. The quantitative estimate of drug-likeness (QED) is 0.742. The molecule has 0 bridgehead atoms. The molecule has 88 valence electrons. The van der Waals surface area contributed by atoms with Gasteiger partial charge in [0, 0.05) is 18.5 Å². The first-order valence-corrected chi connectivity index (χ1v) is 5.80. The third-order valence-electron chi connectivity index (χ3n) is 3.43. The number of carbonyl (C=O) groups is 2.